The minimum Gasteiger partial charge on any atom is -0.490 e. The summed E-state index contributed by atoms with van der Waals surface area (Å²) in [7, 11) is 0. The Labute approximate surface area is 202 Å². The lowest BCUT2D eigenvalue weighted by Gasteiger charge is -2.14. The standard InChI is InChI=1S/C21H18Cl2INO4S/c1-3-28-17-9-13(8-16(24)19(17)29-4-2)10-18-20(26)25(21(27)30-18)11-12-5-6-14(22)15(23)7-12/h5-10H,3-4,11H2,1-2H3/b18-10+. The van der Waals surface area contributed by atoms with Gasteiger partial charge in [0.2, 0.25) is 0 Å². The maximum Gasteiger partial charge on any atom is 0.293 e. The number of hydrogen-bond donors (Lipinski definition) is 0. The van der Waals surface area contributed by atoms with Crippen LogP contribution in [0, 0.1) is 3.57 Å². The molecule has 5 nitrogen and oxygen atoms in total. The number of nitrogens with zero attached hydrogens (tertiary/aromatic N) is 1. The van der Waals surface area contributed by atoms with E-state index >= 15 is 0 Å². The molecule has 0 radical (unpaired) electrons. The normalized spacial score (nSPS) is 15.2. The molecule has 1 saturated heterocycles. The van der Waals surface area contributed by atoms with Crippen LogP contribution >= 0.6 is 57.6 Å². The van der Waals surface area contributed by atoms with E-state index in [1.807, 2.05) is 26.0 Å². The zero-order valence-corrected chi connectivity index (χ0v) is 20.7. The Morgan fingerprint density at radius 2 is 1.80 bits per heavy atom. The third-order valence-electron chi connectivity index (χ3n) is 4.12. The van der Waals surface area contributed by atoms with Gasteiger partial charge in [-0.25, -0.2) is 0 Å². The Balaban J connectivity index is 1.86. The van der Waals surface area contributed by atoms with Crippen LogP contribution in [0.25, 0.3) is 6.08 Å². The van der Waals surface area contributed by atoms with Crippen LogP contribution < -0.4 is 9.47 Å². The fourth-order valence-electron chi connectivity index (χ4n) is 2.83. The quantitative estimate of drug-likeness (QED) is 0.273. The SMILES string of the molecule is CCOc1cc(/C=C2/SC(=O)N(Cc3ccc(Cl)c(Cl)c3)C2=O)cc(I)c1OCC. The molecule has 30 heavy (non-hydrogen) atoms. The molecule has 1 aliphatic rings. The number of amides is 2. The van der Waals surface area contributed by atoms with Crippen LogP contribution in [-0.2, 0) is 11.3 Å². The number of benzene rings is 2. The van der Waals surface area contributed by atoms with Gasteiger partial charge in [-0.05, 0) is 89.7 Å². The van der Waals surface area contributed by atoms with Crippen molar-refractivity contribution < 1.29 is 19.1 Å². The van der Waals surface area contributed by atoms with Crippen molar-refractivity contribution in [1.29, 1.82) is 0 Å². The maximum atomic E-state index is 12.8. The molecule has 1 aliphatic heterocycles. The molecule has 158 valence electrons. The molecule has 1 heterocycles. The summed E-state index contributed by atoms with van der Waals surface area (Å²) < 4.78 is 12.2. The summed E-state index contributed by atoms with van der Waals surface area (Å²) in [4.78, 5) is 26.8. The molecule has 2 amide bonds. The predicted molar refractivity (Wildman–Crippen MR) is 129 cm³/mol. The zero-order valence-electron chi connectivity index (χ0n) is 16.2. The van der Waals surface area contributed by atoms with Crippen molar-refractivity contribution in [3.8, 4) is 11.5 Å². The Morgan fingerprint density at radius 1 is 1.07 bits per heavy atom. The van der Waals surface area contributed by atoms with E-state index in [0.717, 1.165) is 26.5 Å². The second kappa shape index (κ2) is 10.3. The van der Waals surface area contributed by atoms with Crippen LogP contribution in [0.4, 0.5) is 4.79 Å². The minimum atomic E-state index is -0.349. The van der Waals surface area contributed by atoms with Crippen LogP contribution in [0.2, 0.25) is 10.0 Å². The zero-order chi connectivity index (χ0) is 21.8. The highest BCUT2D eigenvalue weighted by Gasteiger charge is 2.35. The lowest BCUT2D eigenvalue weighted by Crippen LogP contribution is -2.27. The largest absolute Gasteiger partial charge is 0.490 e. The highest BCUT2D eigenvalue weighted by Crippen LogP contribution is 2.38. The van der Waals surface area contributed by atoms with Crippen LogP contribution in [0.3, 0.4) is 0 Å². The average molecular weight is 578 g/mol. The highest BCUT2D eigenvalue weighted by atomic mass is 127. The maximum absolute atomic E-state index is 12.8. The fraction of sp³-hybridized carbons (Fsp3) is 0.238. The fourth-order valence-corrected chi connectivity index (χ4v) is 4.77. The second-order valence-corrected chi connectivity index (χ2v) is 9.18. The van der Waals surface area contributed by atoms with Crippen molar-refractivity contribution in [3.63, 3.8) is 0 Å². The van der Waals surface area contributed by atoms with E-state index in [0.29, 0.717) is 39.7 Å². The van der Waals surface area contributed by atoms with Gasteiger partial charge in [-0.3, -0.25) is 14.5 Å². The summed E-state index contributed by atoms with van der Waals surface area (Å²) in [6, 6.07) is 8.74. The minimum absolute atomic E-state index is 0.129. The molecule has 3 rings (SSSR count). The van der Waals surface area contributed by atoms with E-state index in [1.54, 1.807) is 24.3 Å². The molecule has 0 bridgehead atoms. The first-order valence-electron chi connectivity index (χ1n) is 9.12. The molecule has 2 aromatic carbocycles. The van der Waals surface area contributed by atoms with Crippen molar-refractivity contribution in [1.82, 2.24) is 4.90 Å². The van der Waals surface area contributed by atoms with Crippen molar-refractivity contribution in [3.05, 3.63) is 60.0 Å². The lowest BCUT2D eigenvalue weighted by atomic mass is 10.1. The van der Waals surface area contributed by atoms with Gasteiger partial charge in [0.25, 0.3) is 11.1 Å². The van der Waals surface area contributed by atoms with Gasteiger partial charge in [0, 0.05) is 0 Å². The molecule has 0 spiro atoms. The van der Waals surface area contributed by atoms with E-state index < -0.39 is 0 Å². The molecule has 0 aromatic heterocycles. The molecular formula is C21H18Cl2INO4S. The Morgan fingerprint density at radius 3 is 2.47 bits per heavy atom. The van der Waals surface area contributed by atoms with Gasteiger partial charge in [-0.2, -0.15) is 0 Å². The van der Waals surface area contributed by atoms with E-state index in [9.17, 15) is 9.59 Å². The monoisotopic (exact) mass is 577 g/mol. The Kier molecular flexibility index (Phi) is 7.95. The molecule has 0 unspecified atom stereocenters. The lowest BCUT2D eigenvalue weighted by molar-refractivity contribution is -0.123. The molecule has 0 aliphatic carbocycles. The van der Waals surface area contributed by atoms with Gasteiger partial charge in [-0.1, -0.05) is 29.3 Å². The topological polar surface area (TPSA) is 55.8 Å². The first-order valence-corrected chi connectivity index (χ1v) is 11.8. The van der Waals surface area contributed by atoms with Gasteiger partial charge in [0.15, 0.2) is 11.5 Å². The summed E-state index contributed by atoms with van der Waals surface area (Å²) in [5.41, 5.74) is 1.48. The molecule has 0 N–H and O–H groups in total. The van der Waals surface area contributed by atoms with Crippen LogP contribution in [0.1, 0.15) is 25.0 Å². The number of thioether (sulfide) groups is 1. The molecule has 1 fully saturated rings. The van der Waals surface area contributed by atoms with E-state index in [4.69, 9.17) is 32.7 Å². The molecule has 0 atom stereocenters. The summed E-state index contributed by atoms with van der Waals surface area (Å²) in [5.74, 6) is 0.926. The number of ether oxygens (including phenoxy) is 2. The Hall–Kier alpha value is -1.42. The number of carbonyl (C=O) groups is 2. The average Bonchev–Trinajstić information content (AvgIpc) is 2.95. The van der Waals surface area contributed by atoms with Crippen molar-refractivity contribution >= 4 is 74.8 Å². The predicted octanol–water partition coefficient (Wildman–Crippen LogP) is 6.63. The smallest absolute Gasteiger partial charge is 0.293 e. The number of rotatable bonds is 7. The van der Waals surface area contributed by atoms with E-state index in [1.165, 1.54) is 4.90 Å². The summed E-state index contributed by atoms with van der Waals surface area (Å²) in [6.45, 7) is 4.93. The molecule has 0 saturated carbocycles. The number of halogens is 3. The molecule has 9 heteroatoms. The summed E-state index contributed by atoms with van der Waals surface area (Å²) in [5, 5.41) is 0.469. The van der Waals surface area contributed by atoms with Crippen molar-refractivity contribution in [2.75, 3.05) is 13.2 Å². The van der Waals surface area contributed by atoms with Gasteiger partial charge in [-0.15, -0.1) is 0 Å². The van der Waals surface area contributed by atoms with Crippen molar-refractivity contribution in [2.24, 2.45) is 0 Å². The van der Waals surface area contributed by atoms with Gasteiger partial charge < -0.3 is 9.47 Å². The summed E-state index contributed by atoms with van der Waals surface area (Å²) in [6.07, 6.45) is 1.69. The van der Waals surface area contributed by atoms with E-state index in [-0.39, 0.29) is 17.7 Å². The first kappa shape index (κ1) is 23.2. The van der Waals surface area contributed by atoms with Gasteiger partial charge >= 0.3 is 0 Å². The Bertz CT molecular complexity index is 1030. The van der Waals surface area contributed by atoms with Crippen LogP contribution in [0.15, 0.2) is 35.2 Å². The van der Waals surface area contributed by atoms with E-state index in [2.05, 4.69) is 22.6 Å². The summed E-state index contributed by atoms with van der Waals surface area (Å²) >= 11 is 15.0. The highest BCUT2D eigenvalue weighted by molar-refractivity contribution is 14.1. The van der Waals surface area contributed by atoms with Gasteiger partial charge in [0.1, 0.15) is 0 Å². The van der Waals surface area contributed by atoms with Crippen LogP contribution in [-0.4, -0.2) is 29.3 Å². The third kappa shape index (κ3) is 5.25. The molecular weight excluding hydrogens is 560 g/mol. The number of carbonyl (C=O) groups excluding carboxylic acids is 2. The number of hydrogen-bond acceptors (Lipinski definition) is 5. The van der Waals surface area contributed by atoms with Crippen molar-refractivity contribution in [2.45, 2.75) is 20.4 Å². The number of imide groups is 1. The first-order chi connectivity index (χ1) is 14.3. The van der Waals surface area contributed by atoms with Gasteiger partial charge in [0.05, 0.1) is 38.3 Å². The third-order valence-corrected chi connectivity index (χ3v) is 6.56. The van der Waals surface area contributed by atoms with Crippen LogP contribution in [0.5, 0.6) is 11.5 Å². The molecule has 2 aromatic rings. The second-order valence-electron chi connectivity index (χ2n) is 6.21.